The van der Waals surface area contributed by atoms with Gasteiger partial charge in [0.2, 0.25) is 0 Å². The van der Waals surface area contributed by atoms with Crippen molar-refractivity contribution in [3.05, 3.63) is 17.7 Å². The van der Waals surface area contributed by atoms with Crippen molar-refractivity contribution in [2.75, 3.05) is 20.8 Å². The molecule has 0 fully saturated rings. The number of methoxy groups -OCH3 is 2. The summed E-state index contributed by atoms with van der Waals surface area (Å²) in [5.41, 5.74) is 6.32. The minimum Gasteiger partial charge on any atom is -0.507 e. The third kappa shape index (κ3) is 3.66. The second kappa shape index (κ2) is 7.21. The van der Waals surface area contributed by atoms with Crippen LogP contribution in [-0.4, -0.2) is 31.0 Å². The Morgan fingerprint density at radius 3 is 2.41 bits per heavy atom. The number of hydrogen-bond acceptors (Lipinski definition) is 5. The average molecular weight is 264 g/mol. The van der Waals surface area contributed by atoms with Crippen LogP contribution in [0.1, 0.15) is 18.0 Å². The molecule has 0 heterocycles. The van der Waals surface area contributed by atoms with Crippen LogP contribution in [0.15, 0.2) is 12.1 Å². The lowest BCUT2D eigenvalue weighted by Crippen LogP contribution is -2.13. The largest absolute Gasteiger partial charge is 0.507 e. The molecule has 0 bridgehead atoms. The van der Waals surface area contributed by atoms with Gasteiger partial charge in [0, 0.05) is 24.8 Å². The fourth-order valence-corrected chi connectivity index (χ4v) is 1.53. The molecule has 1 aromatic rings. The van der Waals surface area contributed by atoms with Crippen LogP contribution in [0, 0.1) is 0 Å². The van der Waals surface area contributed by atoms with Gasteiger partial charge in [-0.1, -0.05) is 0 Å². The van der Waals surface area contributed by atoms with Crippen molar-refractivity contribution in [1.29, 1.82) is 0 Å². The van der Waals surface area contributed by atoms with Crippen LogP contribution < -0.4 is 15.2 Å². The van der Waals surface area contributed by atoms with Gasteiger partial charge < -0.3 is 25.4 Å². The molecular formula is C11H18ClNO4. The summed E-state index contributed by atoms with van der Waals surface area (Å²) in [7, 11) is 2.99. The molecule has 0 aliphatic rings. The highest BCUT2D eigenvalue weighted by Crippen LogP contribution is 2.37. The lowest BCUT2D eigenvalue weighted by Gasteiger charge is -2.17. The lowest BCUT2D eigenvalue weighted by atomic mass is 10.0. The first-order valence-corrected chi connectivity index (χ1v) is 4.95. The Balaban J connectivity index is 0.00000256. The smallest absolute Gasteiger partial charge is 0.131 e. The summed E-state index contributed by atoms with van der Waals surface area (Å²) in [6.45, 7) is -0.0458. The topological polar surface area (TPSA) is 84.9 Å². The zero-order valence-corrected chi connectivity index (χ0v) is 10.7. The Kier molecular flexibility index (Phi) is 6.72. The molecule has 0 spiro atoms. The van der Waals surface area contributed by atoms with Gasteiger partial charge in [-0.25, -0.2) is 0 Å². The first-order chi connectivity index (χ1) is 7.63. The van der Waals surface area contributed by atoms with E-state index in [1.54, 1.807) is 6.07 Å². The lowest BCUT2D eigenvalue weighted by molar-refractivity contribution is 0.273. The third-order valence-corrected chi connectivity index (χ3v) is 2.36. The molecule has 0 amide bonds. The highest BCUT2D eigenvalue weighted by molar-refractivity contribution is 5.85. The Bertz CT molecular complexity index is 360. The van der Waals surface area contributed by atoms with Gasteiger partial charge in [0.25, 0.3) is 0 Å². The summed E-state index contributed by atoms with van der Waals surface area (Å²) in [4.78, 5) is 0. The Labute approximate surface area is 107 Å². The summed E-state index contributed by atoms with van der Waals surface area (Å²) in [6, 6.07) is 2.65. The molecule has 1 aromatic carbocycles. The molecule has 0 saturated carbocycles. The number of phenols is 1. The number of hydrogen-bond donors (Lipinski definition) is 3. The summed E-state index contributed by atoms with van der Waals surface area (Å²) < 4.78 is 10.1. The Hall–Kier alpha value is -1.17. The molecule has 0 aliphatic heterocycles. The Morgan fingerprint density at radius 2 is 1.94 bits per heavy atom. The normalized spacial score (nSPS) is 11.5. The standard InChI is InChI=1S/C11H17NO4.ClH/c1-15-7-5-9(14)11(8(12)3-4-13)10(6-7)16-2;/h5-6,8,13-14H,3-4,12H2,1-2H3;1H/t8-;/m0./s1. The first-order valence-electron chi connectivity index (χ1n) is 4.95. The molecule has 1 rings (SSSR count). The van der Waals surface area contributed by atoms with E-state index in [2.05, 4.69) is 0 Å². The van der Waals surface area contributed by atoms with Gasteiger partial charge in [-0.15, -0.1) is 12.4 Å². The SMILES string of the molecule is COc1cc(O)c([C@@H](N)CCO)c(OC)c1.Cl. The summed E-state index contributed by atoms with van der Waals surface area (Å²) in [5, 5.41) is 18.6. The first kappa shape index (κ1) is 15.8. The quantitative estimate of drug-likeness (QED) is 0.744. The van der Waals surface area contributed by atoms with Crippen LogP contribution in [0.3, 0.4) is 0 Å². The highest BCUT2D eigenvalue weighted by Gasteiger charge is 2.17. The van der Waals surface area contributed by atoms with E-state index in [1.165, 1.54) is 20.3 Å². The fourth-order valence-electron chi connectivity index (χ4n) is 1.53. The summed E-state index contributed by atoms with van der Waals surface area (Å²) in [6.07, 6.45) is 0.357. The van der Waals surface area contributed by atoms with Gasteiger partial charge in [0.15, 0.2) is 0 Å². The predicted molar refractivity (Wildman–Crippen MR) is 67.1 cm³/mol. The number of ether oxygens (including phenoxy) is 2. The molecule has 4 N–H and O–H groups in total. The zero-order valence-electron chi connectivity index (χ0n) is 9.84. The number of aliphatic hydroxyl groups is 1. The second-order valence-corrected chi connectivity index (χ2v) is 3.38. The molecule has 98 valence electrons. The number of halogens is 1. The van der Waals surface area contributed by atoms with Crippen LogP contribution in [0.25, 0.3) is 0 Å². The van der Waals surface area contributed by atoms with E-state index in [1.807, 2.05) is 0 Å². The molecule has 5 nitrogen and oxygen atoms in total. The van der Waals surface area contributed by atoms with Crippen LogP contribution >= 0.6 is 12.4 Å². The van der Waals surface area contributed by atoms with E-state index in [9.17, 15) is 5.11 Å². The van der Waals surface area contributed by atoms with Crippen LogP contribution in [0.4, 0.5) is 0 Å². The Morgan fingerprint density at radius 1 is 1.29 bits per heavy atom. The summed E-state index contributed by atoms with van der Waals surface area (Å²) >= 11 is 0. The maximum absolute atomic E-state index is 9.81. The molecular weight excluding hydrogens is 246 g/mol. The van der Waals surface area contributed by atoms with E-state index < -0.39 is 6.04 Å². The number of phenolic OH excluding ortho intramolecular Hbond substituents is 1. The number of nitrogens with two attached hydrogens (primary N) is 1. The number of aliphatic hydroxyl groups excluding tert-OH is 1. The number of benzene rings is 1. The van der Waals surface area contributed by atoms with Gasteiger partial charge in [-0.3, -0.25) is 0 Å². The van der Waals surface area contributed by atoms with Crippen LogP contribution in [0.5, 0.6) is 17.2 Å². The van der Waals surface area contributed by atoms with Crippen molar-refractivity contribution in [3.63, 3.8) is 0 Å². The van der Waals surface area contributed by atoms with Gasteiger partial charge >= 0.3 is 0 Å². The minimum atomic E-state index is -0.467. The van der Waals surface area contributed by atoms with Crippen LogP contribution in [0.2, 0.25) is 0 Å². The molecule has 0 aromatic heterocycles. The van der Waals surface area contributed by atoms with Gasteiger partial charge in [0.1, 0.15) is 17.2 Å². The predicted octanol–water partition coefficient (Wildman–Crippen LogP) is 1.21. The average Bonchev–Trinajstić information content (AvgIpc) is 2.27. The van der Waals surface area contributed by atoms with Gasteiger partial charge in [0.05, 0.1) is 19.8 Å². The minimum absolute atomic E-state index is 0. The molecule has 0 saturated heterocycles. The number of rotatable bonds is 5. The van der Waals surface area contributed by atoms with E-state index in [0.29, 0.717) is 23.5 Å². The highest BCUT2D eigenvalue weighted by atomic mass is 35.5. The van der Waals surface area contributed by atoms with Gasteiger partial charge in [-0.2, -0.15) is 0 Å². The zero-order chi connectivity index (χ0) is 12.1. The number of aromatic hydroxyl groups is 1. The monoisotopic (exact) mass is 263 g/mol. The summed E-state index contributed by atoms with van der Waals surface area (Å²) in [5.74, 6) is 0.962. The van der Waals surface area contributed by atoms with E-state index in [0.717, 1.165) is 0 Å². The van der Waals surface area contributed by atoms with Gasteiger partial charge in [-0.05, 0) is 6.42 Å². The molecule has 1 atom stereocenters. The third-order valence-electron chi connectivity index (χ3n) is 2.36. The van der Waals surface area contributed by atoms with Crippen LogP contribution in [-0.2, 0) is 0 Å². The molecule has 17 heavy (non-hydrogen) atoms. The van der Waals surface area contributed by atoms with Crippen molar-refractivity contribution in [3.8, 4) is 17.2 Å². The molecule has 0 unspecified atom stereocenters. The van der Waals surface area contributed by atoms with E-state index >= 15 is 0 Å². The van der Waals surface area contributed by atoms with E-state index in [-0.39, 0.29) is 24.8 Å². The maximum atomic E-state index is 9.81. The van der Waals surface area contributed by atoms with E-state index in [4.69, 9.17) is 20.3 Å². The van der Waals surface area contributed by atoms with Crippen molar-refractivity contribution >= 4 is 12.4 Å². The van der Waals surface area contributed by atoms with Crippen molar-refractivity contribution in [2.24, 2.45) is 5.73 Å². The second-order valence-electron chi connectivity index (χ2n) is 3.38. The molecule has 6 heteroatoms. The molecule has 0 radical (unpaired) electrons. The maximum Gasteiger partial charge on any atom is 0.131 e. The van der Waals surface area contributed by atoms with Crippen molar-refractivity contribution in [2.45, 2.75) is 12.5 Å². The molecule has 0 aliphatic carbocycles. The van der Waals surface area contributed by atoms with Crippen molar-refractivity contribution < 1.29 is 19.7 Å². The fraction of sp³-hybridized carbons (Fsp3) is 0.455. The van der Waals surface area contributed by atoms with Crippen molar-refractivity contribution in [1.82, 2.24) is 0 Å².